The number of aliphatic hydroxyl groups is 1. The van der Waals surface area contributed by atoms with Crippen LogP contribution in [-0.4, -0.2) is 55.0 Å². The second-order valence-corrected chi connectivity index (χ2v) is 3.45. The maximum absolute atomic E-state index is 9.13. The number of nitrogens with zero attached hydrogens (tertiary/aromatic N) is 1. The lowest BCUT2D eigenvalue weighted by atomic mass is 10.1. The number of morpholine rings is 1. The molecule has 1 aliphatic rings. The maximum Gasteiger partial charge on any atom is 0.0622 e. The lowest BCUT2D eigenvalue weighted by Crippen LogP contribution is -2.54. The van der Waals surface area contributed by atoms with Crippen LogP contribution in [0.15, 0.2) is 0 Å². The average Bonchev–Trinajstić information content (AvgIpc) is 2.20. The number of ether oxygens (including phenoxy) is 1. The zero-order chi connectivity index (χ0) is 9.68. The Morgan fingerprint density at radius 3 is 3.00 bits per heavy atom. The van der Waals surface area contributed by atoms with Crippen LogP contribution in [0.3, 0.4) is 0 Å². The molecular weight excluding hydrogens is 168 g/mol. The monoisotopic (exact) mass is 188 g/mol. The summed E-state index contributed by atoms with van der Waals surface area (Å²) in [6, 6.07) is 0.531. The molecule has 0 radical (unpaired) electrons. The van der Waals surface area contributed by atoms with E-state index in [1.807, 2.05) is 0 Å². The minimum Gasteiger partial charge on any atom is -0.395 e. The van der Waals surface area contributed by atoms with E-state index in [1.165, 1.54) is 0 Å². The largest absolute Gasteiger partial charge is 0.395 e. The second-order valence-electron chi connectivity index (χ2n) is 3.45. The summed E-state index contributed by atoms with van der Waals surface area (Å²) in [5, 5.41) is 9.13. The first kappa shape index (κ1) is 10.9. The fraction of sp³-hybridized carbons (Fsp3) is 1.00. The van der Waals surface area contributed by atoms with Gasteiger partial charge in [-0.1, -0.05) is 6.92 Å². The first-order chi connectivity index (χ1) is 6.33. The molecule has 2 unspecified atom stereocenters. The molecule has 1 heterocycles. The van der Waals surface area contributed by atoms with E-state index in [1.54, 1.807) is 0 Å². The standard InChI is InChI=1S/C9H20N2O2/c1-2-8-7-13-4-3-11(8)9(5-10)6-12/h8-9,12H,2-7,10H2,1H3. The van der Waals surface area contributed by atoms with Crippen molar-refractivity contribution in [2.24, 2.45) is 5.73 Å². The molecule has 0 spiro atoms. The van der Waals surface area contributed by atoms with Gasteiger partial charge in [0, 0.05) is 25.2 Å². The highest BCUT2D eigenvalue weighted by molar-refractivity contribution is 4.81. The van der Waals surface area contributed by atoms with Crippen LogP contribution in [-0.2, 0) is 4.74 Å². The highest BCUT2D eigenvalue weighted by atomic mass is 16.5. The Labute approximate surface area is 79.7 Å². The summed E-state index contributed by atoms with van der Waals surface area (Å²) in [6.45, 7) is 5.22. The molecule has 4 nitrogen and oxygen atoms in total. The van der Waals surface area contributed by atoms with Gasteiger partial charge >= 0.3 is 0 Å². The van der Waals surface area contributed by atoms with Crippen LogP contribution in [0.4, 0.5) is 0 Å². The van der Waals surface area contributed by atoms with Gasteiger partial charge in [-0.3, -0.25) is 4.90 Å². The molecule has 1 aliphatic heterocycles. The molecule has 1 saturated heterocycles. The maximum atomic E-state index is 9.13. The molecule has 4 heteroatoms. The molecule has 0 aromatic heterocycles. The van der Waals surface area contributed by atoms with Crippen LogP contribution in [0.25, 0.3) is 0 Å². The summed E-state index contributed by atoms with van der Waals surface area (Å²) < 4.78 is 5.38. The van der Waals surface area contributed by atoms with Gasteiger partial charge in [-0.25, -0.2) is 0 Å². The lowest BCUT2D eigenvalue weighted by molar-refractivity contribution is -0.0385. The predicted molar refractivity (Wildman–Crippen MR) is 51.5 cm³/mol. The fourth-order valence-electron chi connectivity index (χ4n) is 1.82. The molecule has 78 valence electrons. The van der Waals surface area contributed by atoms with Crippen molar-refractivity contribution in [3.05, 3.63) is 0 Å². The van der Waals surface area contributed by atoms with Crippen LogP contribution in [0.1, 0.15) is 13.3 Å². The predicted octanol–water partition coefficient (Wildman–Crippen LogP) is -0.583. The summed E-state index contributed by atoms with van der Waals surface area (Å²) in [7, 11) is 0. The lowest BCUT2D eigenvalue weighted by Gasteiger charge is -2.39. The number of hydrogen-bond acceptors (Lipinski definition) is 4. The van der Waals surface area contributed by atoms with E-state index in [9.17, 15) is 0 Å². The van der Waals surface area contributed by atoms with E-state index < -0.39 is 0 Å². The van der Waals surface area contributed by atoms with Gasteiger partial charge in [0.2, 0.25) is 0 Å². The quantitative estimate of drug-likeness (QED) is 0.619. The summed E-state index contributed by atoms with van der Waals surface area (Å²) in [5.41, 5.74) is 5.59. The number of rotatable bonds is 4. The topological polar surface area (TPSA) is 58.7 Å². The van der Waals surface area contributed by atoms with Crippen molar-refractivity contribution in [1.29, 1.82) is 0 Å². The van der Waals surface area contributed by atoms with Crippen molar-refractivity contribution in [2.45, 2.75) is 25.4 Å². The van der Waals surface area contributed by atoms with Crippen molar-refractivity contribution < 1.29 is 9.84 Å². The van der Waals surface area contributed by atoms with Crippen molar-refractivity contribution in [2.75, 3.05) is 32.9 Å². The Kier molecular flexibility index (Phi) is 4.66. The molecule has 3 N–H and O–H groups in total. The van der Waals surface area contributed by atoms with E-state index in [0.717, 1.165) is 26.2 Å². The van der Waals surface area contributed by atoms with E-state index in [4.69, 9.17) is 15.6 Å². The molecule has 0 saturated carbocycles. The molecule has 0 amide bonds. The van der Waals surface area contributed by atoms with Crippen LogP contribution in [0.5, 0.6) is 0 Å². The number of aliphatic hydroxyl groups excluding tert-OH is 1. The van der Waals surface area contributed by atoms with Gasteiger partial charge in [0.25, 0.3) is 0 Å². The Morgan fingerprint density at radius 1 is 1.69 bits per heavy atom. The van der Waals surface area contributed by atoms with E-state index >= 15 is 0 Å². The highest BCUT2D eigenvalue weighted by Gasteiger charge is 2.26. The molecule has 1 fully saturated rings. The van der Waals surface area contributed by atoms with Crippen LogP contribution in [0.2, 0.25) is 0 Å². The van der Waals surface area contributed by atoms with Gasteiger partial charge in [0.05, 0.1) is 19.8 Å². The van der Waals surface area contributed by atoms with Gasteiger partial charge in [-0.05, 0) is 6.42 Å². The Morgan fingerprint density at radius 2 is 2.46 bits per heavy atom. The van der Waals surface area contributed by atoms with Gasteiger partial charge in [0.1, 0.15) is 0 Å². The van der Waals surface area contributed by atoms with Crippen molar-refractivity contribution in [3.63, 3.8) is 0 Å². The van der Waals surface area contributed by atoms with Crippen molar-refractivity contribution >= 4 is 0 Å². The van der Waals surface area contributed by atoms with E-state index in [0.29, 0.717) is 12.6 Å². The first-order valence-electron chi connectivity index (χ1n) is 4.97. The van der Waals surface area contributed by atoms with E-state index in [-0.39, 0.29) is 12.6 Å². The molecule has 0 bridgehead atoms. The van der Waals surface area contributed by atoms with Crippen LogP contribution < -0.4 is 5.73 Å². The number of nitrogens with two attached hydrogens (primary N) is 1. The third-order valence-electron chi connectivity index (χ3n) is 2.70. The normalized spacial score (nSPS) is 27.5. The second kappa shape index (κ2) is 5.54. The molecular formula is C9H20N2O2. The van der Waals surface area contributed by atoms with Gasteiger partial charge < -0.3 is 15.6 Å². The smallest absolute Gasteiger partial charge is 0.0622 e. The summed E-state index contributed by atoms with van der Waals surface area (Å²) in [5.74, 6) is 0. The van der Waals surface area contributed by atoms with Gasteiger partial charge in [-0.15, -0.1) is 0 Å². The van der Waals surface area contributed by atoms with E-state index in [2.05, 4.69) is 11.8 Å². The van der Waals surface area contributed by atoms with Crippen LogP contribution in [0, 0.1) is 0 Å². The number of hydrogen-bond donors (Lipinski definition) is 2. The molecule has 0 aliphatic carbocycles. The SMILES string of the molecule is CCC1COCCN1C(CN)CO. The van der Waals surface area contributed by atoms with Crippen LogP contribution >= 0.6 is 0 Å². The van der Waals surface area contributed by atoms with Gasteiger partial charge in [-0.2, -0.15) is 0 Å². The Hall–Kier alpha value is -0.160. The zero-order valence-corrected chi connectivity index (χ0v) is 8.28. The third kappa shape index (κ3) is 2.64. The zero-order valence-electron chi connectivity index (χ0n) is 8.28. The Balaban J connectivity index is 2.51. The minimum atomic E-state index is 0.105. The molecule has 1 rings (SSSR count). The van der Waals surface area contributed by atoms with Crippen molar-refractivity contribution in [3.8, 4) is 0 Å². The third-order valence-corrected chi connectivity index (χ3v) is 2.70. The Bertz CT molecular complexity index is 132. The minimum absolute atomic E-state index is 0.105. The summed E-state index contributed by atoms with van der Waals surface area (Å²) in [6.07, 6.45) is 1.05. The van der Waals surface area contributed by atoms with Gasteiger partial charge in [0.15, 0.2) is 0 Å². The molecule has 0 aromatic rings. The summed E-state index contributed by atoms with van der Waals surface area (Å²) >= 11 is 0. The first-order valence-corrected chi connectivity index (χ1v) is 4.97. The molecule has 13 heavy (non-hydrogen) atoms. The fourth-order valence-corrected chi connectivity index (χ4v) is 1.82. The molecule has 0 aromatic carbocycles. The summed E-state index contributed by atoms with van der Waals surface area (Å²) in [4.78, 5) is 2.27. The highest BCUT2D eigenvalue weighted by Crippen LogP contribution is 2.13. The van der Waals surface area contributed by atoms with Crippen molar-refractivity contribution in [1.82, 2.24) is 4.90 Å². The molecule has 2 atom stereocenters. The average molecular weight is 188 g/mol.